The molecule has 124 valence electrons. The van der Waals surface area contributed by atoms with E-state index in [-0.39, 0.29) is 33.8 Å². The van der Waals surface area contributed by atoms with Crippen molar-refractivity contribution in [1.29, 1.82) is 0 Å². The fraction of sp³-hybridized carbons (Fsp3) is 0.118. The normalized spacial score (nSPS) is 10.8. The molecule has 1 heterocycles. The molecule has 7 heteroatoms. The number of hydrogen-bond donors (Lipinski definition) is 2. The maximum atomic E-state index is 12.6. The number of methoxy groups -OCH3 is 2. The van der Waals surface area contributed by atoms with Gasteiger partial charge in [0.05, 0.1) is 14.2 Å². The molecule has 0 bridgehead atoms. The highest BCUT2D eigenvalue weighted by Gasteiger charge is 2.20. The van der Waals surface area contributed by atoms with Crippen molar-refractivity contribution >= 4 is 11.0 Å². The highest BCUT2D eigenvalue weighted by Crippen LogP contribution is 2.37. The summed E-state index contributed by atoms with van der Waals surface area (Å²) in [6.45, 7) is 0. The van der Waals surface area contributed by atoms with E-state index < -0.39 is 16.9 Å². The first kappa shape index (κ1) is 15.5. The number of ether oxygens (including phenoxy) is 2. The van der Waals surface area contributed by atoms with E-state index in [0.29, 0.717) is 5.75 Å². The summed E-state index contributed by atoms with van der Waals surface area (Å²) in [6.07, 6.45) is 0. The van der Waals surface area contributed by atoms with Crippen LogP contribution in [0.1, 0.15) is 0 Å². The summed E-state index contributed by atoms with van der Waals surface area (Å²) in [5.74, 6) is -1.16. The van der Waals surface area contributed by atoms with Crippen molar-refractivity contribution in [2.45, 2.75) is 0 Å². The lowest BCUT2D eigenvalue weighted by Gasteiger charge is -2.13. The second-order valence-corrected chi connectivity index (χ2v) is 5.00. The molecule has 0 unspecified atom stereocenters. The predicted octanol–water partition coefficient (Wildman–Crippen LogP) is 1.96. The Morgan fingerprint density at radius 3 is 2.42 bits per heavy atom. The number of phenolic OH excluding ortho intramolecular Hbond substituents is 2. The third-order valence-electron chi connectivity index (χ3n) is 3.57. The van der Waals surface area contributed by atoms with Crippen molar-refractivity contribution in [2.24, 2.45) is 0 Å². The first-order chi connectivity index (χ1) is 11.5. The molecule has 0 radical (unpaired) electrons. The number of fused-ring (bicyclic) bond motifs is 1. The van der Waals surface area contributed by atoms with Crippen LogP contribution in [0.3, 0.4) is 0 Å². The highest BCUT2D eigenvalue weighted by molar-refractivity contribution is 5.88. The van der Waals surface area contributed by atoms with Crippen LogP contribution in [0.25, 0.3) is 22.3 Å². The van der Waals surface area contributed by atoms with Gasteiger partial charge < -0.3 is 29.2 Å². The minimum Gasteiger partial charge on any atom is -0.870 e. The monoisotopic (exact) mass is 329 g/mol. The maximum absolute atomic E-state index is 12.6. The third kappa shape index (κ3) is 2.36. The van der Waals surface area contributed by atoms with Gasteiger partial charge in [0.15, 0.2) is 5.76 Å². The van der Waals surface area contributed by atoms with Crippen molar-refractivity contribution in [3.63, 3.8) is 0 Å². The summed E-state index contributed by atoms with van der Waals surface area (Å²) in [6, 6.07) is 6.46. The van der Waals surface area contributed by atoms with Crippen LogP contribution in [0, 0.1) is 0 Å². The van der Waals surface area contributed by atoms with Crippen LogP contribution >= 0.6 is 0 Å². The lowest BCUT2D eigenvalue weighted by Crippen LogP contribution is -2.08. The molecule has 0 saturated heterocycles. The first-order valence-electron chi connectivity index (χ1n) is 6.88. The second kappa shape index (κ2) is 5.69. The largest absolute Gasteiger partial charge is 0.870 e. The molecule has 0 aliphatic carbocycles. The summed E-state index contributed by atoms with van der Waals surface area (Å²) < 4.78 is 15.8. The van der Waals surface area contributed by atoms with E-state index in [1.54, 1.807) is 0 Å². The van der Waals surface area contributed by atoms with Crippen molar-refractivity contribution in [2.75, 3.05) is 14.2 Å². The second-order valence-electron chi connectivity index (χ2n) is 5.00. The van der Waals surface area contributed by atoms with Crippen LogP contribution in [-0.2, 0) is 0 Å². The van der Waals surface area contributed by atoms with E-state index >= 15 is 0 Å². The molecule has 0 spiro atoms. The van der Waals surface area contributed by atoms with Crippen molar-refractivity contribution in [1.82, 2.24) is 0 Å². The quantitative estimate of drug-likeness (QED) is 0.755. The molecule has 0 saturated carbocycles. The lowest BCUT2D eigenvalue weighted by atomic mass is 10.1. The third-order valence-corrected chi connectivity index (χ3v) is 3.57. The first-order valence-corrected chi connectivity index (χ1v) is 6.88. The van der Waals surface area contributed by atoms with Gasteiger partial charge >= 0.3 is 0 Å². The fourth-order valence-electron chi connectivity index (χ4n) is 2.41. The summed E-state index contributed by atoms with van der Waals surface area (Å²) in [5, 5.41) is 30.9. The molecule has 0 aliphatic rings. The Morgan fingerprint density at radius 2 is 1.79 bits per heavy atom. The van der Waals surface area contributed by atoms with E-state index in [0.717, 1.165) is 6.07 Å². The molecule has 0 atom stereocenters. The number of rotatable bonds is 3. The number of hydrogen-bond acceptors (Lipinski definition) is 7. The van der Waals surface area contributed by atoms with Crippen molar-refractivity contribution in [3.05, 3.63) is 40.6 Å². The standard InChI is InChI=1S/C17H14O7/c1-22-9-6-12(20)14-13(7-9)24-16(17(23-2)15(14)21)8-3-4-10(18)11(19)5-8/h3-7,18-20H,1-2H3/p-1. The molecule has 1 aromatic heterocycles. The zero-order valence-electron chi connectivity index (χ0n) is 12.8. The van der Waals surface area contributed by atoms with Crippen molar-refractivity contribution < 1.29 is 29.2 Å². The van der Waals surface area contributed by atoms with Gasteiger partial charge in [-0.1, -0.05) is 17.9 Å². The minimum absolute atomic E-state index is 0.0259. The number of aromatic hydroxyl groups is 2. The fourth-order valence-corrected chi connectivity index (χ4v) is 2.41. The van der Waals surface area contributed by atoms with Crippen LogP contribution < -0.4 is 20.0 Å². The molecular weight excluding hydrogens is 316 g/mol. The van der Waals surface area contributed by atoms with Crippen molar-refractivity contribution in [3.8, 4) is 40.1 Å². The van der Waals surface area contributed by atoms with Gasteiger partial charge in [0.25, 0.3) is 0 Å². The Labute approximate surface area is 135 Å². The van der Waals surface area contributed by atoms with Crippen LogP contribution in [0.15, 0.2) is 39.5 Å². The van der Waals surface area contributed by atoms with Gasteiger partial charge in [0.2, 0.25) is 11.2 Å². The van der Waals surface area contributed by atoms with E-state index in [2.05, 4.69) is 0 Å². The predicted molar refractivity (Wildman–Crippen MR) is 83.8 cm³/mol. The van der Waals surface area contributed by atoms with E-state index in [9.17, 15) is 20.1 Å². The molecule has 0 fully saturated rings. The summed E-state index contributed by atoms with van der Waals surface area (Å²) in [7, 11) is 2.69. The van der Waals surface area contributed by atoms with Gasteiger partial charge in [-0.05, 0) is 6.07 Å². The van der Waals surface area contributed by atoms with E-state index in [1.165, 1.54) is 38.5 Å². The van der Waals surface area contributed by atoms with Crippen LogP contribution in [0.2, 0.25) is 0 Å². The maximum Gasteiger partial charge on any atom is 0.239 e. The summed E-state index contributed by atoms with van der Waals surface area (Å²) in [5.41, 5.74) is -0.219. The molecule has 0 amide bonds. The minimum atomic E-state index is -0.584. The van der Waals surface area contributed by atoms with Gasteiger partial charge in [-0.15, -0.1) is 0 Å². The molecular formula is C17H13O7-. The molecule has 2 aromatic carbocycles. The van der Waals surface area contributed by atoms with Gasteiger partial charge in [-0.25, -0.2) is 0 Å². The SMILES string of the molecule is COc1cc(O)c2c(=O)c(OC)c(-c3ccc([O-])c(O)c3)oc2c1. The van der Waals surface area contributed by atoms with Gasteiger partial charge in [0.1, 0.15) is 28.2 Å². The Kier molecular flexibility index (Phi) is 3.69. The van der Waals surface area contributed by atoms with E-state index in [1.807, 2.05) is 0 Å². The van der Waals surface area contributed by atoms with E-state index in [4.69, 9.17) is 13.9 Å². The molecule has 24 heavy (non-hydrogen) atoms. The lowest BCUT2D eigenvalue weighted by molar-refractivity contribution is -0.270. The Balaban J connectivity index is 2.39. The zero-order valence-corrected chi connectivity index (χ0v) is 12.8. The average molecular weight is 329 g/mol. The summed E-state index contributed by atoms with van der Waals surface area (Å²) >= 11 is 0. The topological polar surface area (TPSA) is 112 Å². The molecule has 3 aromatic rings. The van der Waals surface area contributed by atoms with Gasteiger partial charge in [0, 0.05) is 17.7 Å². The molecule has 2 N–H and O–H groups in total. The van der Waals surface area contributed by atoms with Gasteiger partial charge in [-0.2, -0.15) is 0 Å². The van der Waals surface area contributed by atoms with Gasteiger partial charge in [-0.3, -0.25) is 4.79 Å². The Hall–Kier alpha value is -3.35. The Morgan fingerprint density at radius 1 is 1.04 bits per heavy atom. The Bertz CT molecular complexity index is 988. The molecule has 0 aliphatic heterocycles. The number of benzene rings is 2. The molecule has 7 nitrogen and oxygen atoms in total. The molecule has 3 rings (SSSR count). The van der Waals surface area contributed by atoms with Crippen LogP contribution in [0.4, 0.5) is 0 Å². The van der Waals surface area contributed by atoms with Crippen LogP contribution in [-0.4, -0.2) is 24.4 Å². The zero-order chi connectivity index (χ0) is 17.4. The average Bonchev–Trinajstić information content (AvgIpc) is 2.56. The smallest absolute Gasteiger partial charge is 0.239 e. The highest BCUT2D eigenvalue weighted by atomic mass is 16.5. The summed E-state index contributed by atoms with van der Waals surface area (Å²) in [4.78, 5) is 12.6. The van der Waals surface area contributed by atoms with Crippen LogP contribution in [0.5, 0.6) is 28.7 Å². The number of phenols is 2.